The van der Waals surface area contributed by atoms with E-state index in [2.05, 4.69) is 0 Å². The fourth-order valence-electron chi connectivity index (χ4n) is 2.02. The van der Waals surface area contributed by atoms with Gasteiger partial charge in [-0.3, -0.25) is 4.79 Å². The molecular formula is C16H12O2S. The summed E-state index contributed by atoms with van der Waals surface area (Å²) in [5.41, 5.74) is 1.71. The van der Waals surface area contributed by atoms with Gasteiger partial charge in [0.2, 0.25) is 5.78 Å². The van der Waals surface area contributed by atoms with Crippen LogP contribution < -0.4 is 0 Å². The molecule has 0 saturated carbocycles. The summed E-state index contributed by atoms with van der Waals surface area (Å²) in [7, 11) is 0. The van der Waals surface area contributed by atoms with E-state index in [-0.39, 0.29) is 11.5 Å². The number of benzene rings is 2. The predicted octanol–water partition coefficient (Wildman–Crippen LogP) is 4.15. The molecule has 0 saturated heterocycles. The largest absolute Gasteiger partial charge is 0.506 e. The second kappa shape index (κ2) is 4.52. The Morgan fingerprint density at radius 1 is 1.05 bits per heavy atom. The van der Waals surface area contributed by atoms with Crippen molar-refractivity contribution in [1.82, 2.24) is 0 Å². The average molecular weight is 268 g/mol. The lowest BCUT2D eigenvalue weighted by atomic mass is 10.1. The number of ketones is 1. The van der Waals surface area contributed by atoms with Gasteiger partial charge in [-0.25, -0.2) is 0 Å². The molecule has 1 N–H and O–H groups in total. The normalized spacial score (nSPS) is 10.8. The van der Waals surface area contributed by atoms with Crippen molar-refractivity contribution in [3.8, 4) is 5.75 Å². The van der Waals surface area contributed by atoms with E-state index in [9.17, 15) is 9.90 Å². The van der Waals surface area contributed by atoms with Crippen molar-refractivity contribution < 1.29 is 9.90 Å². The van der Waals surface area contributed by atoms with Gasteiger partial charge in [0.1, 0.15) is 10.6 Å². The highest BCUT2D eigenvalue weighted by Gasteiger charge is 2.18. The van der Waals surface area contributed by atoms with Gasteiger partial charge in [0.15, 0.2) is 0 Å². The van der Waals surface area contributed by atoms with Crippen molar-refractivity contribution in [2.24, 2.45) is 0 Å². The Morgan fingerprint density at radius 2 is 1.74 bits per heavy atom. The molecule has 0 bridgehead atoms. The third-order valence-electron chi connectivity index (χ3n) is 3.09. The quantitative estimate of drug-likeness (QED) is 0.709. The summed E-state index contributed by atoms with van der Waals surface area (Å²) in [4.78, 5) is 12.8. The molecule has 0 amide bonds. The molecule has 3 heteroatoms. The zero-order valence-electron chi connectivity index (χ0n) is 10.4. The molecular weight excluding hydrogens is 256 g/mol. The van der Waals surface area contributed by atoms with Crippen LogP contribution in [0.1, 0.15) is 20.8 Å². The topological polar surface area (TPSA) is 37.3 Å². The maximum absolute atomic E-state index is 12.4. The van der Waals surface area contributed by atoms with Crippen molar-refractivity contribution in [2.75, 3.05) is 0 Å². The number of aryl methyl sites for hydroxylation is 1. The maximum atomic E-state index is 12.4. The molecule has 3 rings (SSSR count). The molecule has 3 aromatic rings. The van der Waals surface area contributed by atoms with Crippen LogP contribution in [-0.4, -0.2) is 10.9 Å². The van der Waals surface area contributed by atoms with Gasteiger partial charge in [0, 0.05) is 15.6 Å². The third-order valence-corrected chi connectivity index (χ3v) is 4.25. The van der Waals surface area contributed by atoms with E-state index in [1.54, 1.807) is 12.1 Å². The van der Waals surface area contributed by atoms with Crippen LogP contribution in [0.15, 0.2) is 48.5 Å². The van der Waals surface area contributed by atoms with Gasteiger partial charge < -0.3 is 5.11 Å². The summed E-state index contributed by atoms with van der Waals surface area (Å²) in [5.74, 6) is -0.0372. The first-order chi connectivity index (χ1) is 9.16. The molecule has 0 spiro atoms. The van der Waals surface area contributed by atoms with Crippen LogP contribution in [0.4, 0.5) is 0 Å². The van der Waals surface area contributed by atoms with Crippen molar-refractivity contribution in [3.63, 3.8) is 0 Å². The molecule has 0 aliphatic rings. The lowest BCUT2D eigenvalue weighted by Crippen LogP contribution is -1.98. The zero-order chi connectivity index (χ0) is 13.4. The standard InChI is InChI=1S/C16H12O2S/c1-10-6-8-11(9-7-10)14(17)16-15(18)12-4-2-3-5-13(12)19-16/h2-9,18H,1H3. The van der Waals surface area contributed by atoms with Gasteiger partial charge in [-0.05, 0) is 19.1 Å². The Labute approximate surface area is 114 Å². The van der Waals surface area contributed by atoms with Crippen LogP contribution in [0.3, 0.4) is 0 Å². The van der Waals surface area contributed by atoms with Crippen LogP contribution in [0.2, 0.25) is 0 Å². The monoisotopic (exact) mass is 268 g/mol. The van der Waals surface area contributed by atoms with Crippen LogP contribution >= 0.6 is 11.3 Å². The number of carbonyl (C=O) groups excluding carboxylic acids is 1. The van der Waals surface area contributed by atoms with E-state index >= 15 is 0 Å². The van der Waals surface area contributed by atoms with E-state index in [0.29, 0.717) is 10.4 Å². The number of hydrogen-bond donors (Lipinski definition) is 1. The van der Waals surface area contributed by atoms with E-state index < -0.39 is 0 Å². The number of carbonyl (C=O) groups is 1. The van der Waals surface area contributed by atoms with E-state index in [0.717, 1.165) is 15.6 Å². The van der Waals surface area contributed by atoms with Crippen molar-refractivity contribution in [1.29, 1.82) is 0 Å². The number of rotatable bonds is 2. The van der Waals surface area contributed by atoms with Gasteiger partial charge in [0.25, 0.3) is 0 Å². The highest BCUT2D eigenvalue weighted by Crippen LogP contribution is 2.37. The van der Waals surface area contributed by atoms with E-state index in [4.69, 9.17) is 0 Å². The molecule has 0 atom stereocenters. The lowest BCUT2D eigenvalue weighted by molar-refractivity contribution is 0.104. The maximum Gasteiger partial charge on any atom is 0.206 e. The summed E-state index contributed by atoms with van der Waals surface area (Å²) in [6, 6.07) is 14.9. The highest BCUT2D eigenvalue weighted by atomic mass is 32.1. The molecule has 0 radical (unpaired) electrons. The Hall–Kier alpha value is -2.13. The summed E-state index contributed by atoms with van der Waals surface area (Å²) < 4.78 is 0.926. The minimum absolute atomic E-state index is 0.0891. The molecule has 1 heterocycles. The number of aromatic hydroxyl groups is 1. The predicted molar refractivity (Wildman–Crippen MR) is 78.1 cm³/mol. The molecule has 2 nitrogen and oxygen atoms in total. The Bertz CT molecular complexity index is 754. The number of fused-ring (bicyclic) bond motifs is 1. The van der Waals surface area contributed by atoms with E-state index in [1.165, 1.54) is 11.3 Å². The van der Waals surface area contributed by atoms with Crippen molar-refractivity contribution >= 4 is 27.2 Å². The summed E-state index contributed by atoms with van der Waals surface area (Å²) in [5, 5.41) is 10.9. The van der Waals surface area contributed by atoms with Crippen LogP contribution in [0.25, 0.3) is 10.1 Å². The fraction of sp³-hybridized carbons (Fsp3) is 0.0625. The minimum atomic E-state index is -0.126. The van der Waals surface area contributed by atoms with Crippen LogP contribution in [0.5, 0.6) is 5.75 Å². The molecule has 19 heavy (non-hydrogen) atoms. The summed E-state index contributed by atoms with van der Waals surface area (Å²) >= 11 is 1.33. The van der Waals surface area contributed by atoms with Crippen molar-refractivity contribution in [2.45, 2.75) is 6.92 Å². The zero-order valence-corrected chi connectivity index (χ0v) is 11.2. The first-order valence-corrected chi connectivity index (χ1v) is 6.80. The van der Waals surface area contributed by atoms with Gasteiger partial charge >= 0.3 is 0 Å². The van der Waals surface area contributed by atoms with Crippen LogP contribution in [-0.2, 0) is 0 Å². The second-order valence-corrected chi connectivity index (χ2v) is 5.52. The lowest BCUT2D eigenvalue weighted by Gasteiger charge is -1.99. The third kappa shape index (κ3) is 2.02. The Kier molecular flexibility index (Phi) is 2.84. The first kappa shape index (κ1) is 11.9. The SMILES string of the molecule is Cc1ccc(C(=O)c2sc3ccccc3c2O)cc1. The highest BCUT2D eigenvalue weighted by molar-refractivity contribution is 7.21. The second-order valence-electron chi connectivity index (χ2n) is 4.47. The minimum Gasteiger partial charge on any atom is -0.506 e. The summed E-state index contributed by atoms with van der Waals surface area (Å²) in [6.07, 6.45) is 0. The fourth-order valence-corrected chi connectivity index (χ4v) is 3.08. The summed E-state index contributed by atoms with van der Waals surface area (Å²) in [6.45, 7) is 1.98. The molecule has 0 aliphatic heterocycles. The molecule has 0 aliphatic carbocycles. The molecule has 2 aromatic carbocycles. The number of hydrogen-bond acceptors (Lipinski definition) is 3. The Balaban J connectivity index is 2.11. The average Bonchev–Trinajstić information content (AvgIpc) is 2.77. The smallest absolute Gasteiger partial charge is 0.206 e. The molecule has 0 fully saturated rings. The first-order valence-electron chi connectivity index (χ1n) is 5.98. The van der Waals surface area contributed by atoms with Crippen molar-refractivity contribution in [3.05, 3.63) is 64.5 Å². The van der Waals surface area contributed by atoms with Gasteiger partial charge in [-0.15, -0.1) is 11.3 Å². The number of thiophene rings is 1. The molecule has 0 unspecified atom stereocenters. The van der Waals surface area contributed by atoms with Gasteiger partial charge in [0.05, 0.1) is 0 Å². The molecule has 1 aromatic heterocycles. The molecule has 94 valence electrons. The van der Waals surface area contributed by atoms with Gasteiger partial charge in [-0.2, -0.15) is 0 Å². The van der Waals surface area contributed by atoms with E-state index in [1.807, 2.05) is 43.3 Å². The van der Waals surface area contributed by atoms with Crippen LogP contribution in [0, 0.1) is 6.92 Å². The Morgan fingerprint density at radius 3 is 2.42 bits per heavy atom. The van der Waals surface area contributed by atoms with Gasteiger partial charge in [-0.1, -0.05) is 42.0 Å².